The fourth-order valence-electron chi connectivity index (χ4n) is 3.82. The van der Waals surface area contributed by atoms with Gasteiger partial charge in [-0.2, -0.15) is 5.26 Å². The summed E-state index contributed by atoms with van der Waals surface area (Å²) < 4.78 is 5.54. The highest BCUT2D eigenvalue weighted by molar-refractivity contribution is 5.45. The summed E-state index contributed by atoms with van der Waals surface area (Å²) in [4.78, 5) is 10.8. The summed E-state index contributed by atoms with van der Waals surface area (Å²) in [5.74, 6) is 0. The predicted octanol–water partition coefficient (Wildman–Crippen LogP) is 3.70. The quantitative estimate of drug-likeness (QED) is 0.774. The average molecular weight is 380 g/mol. The molecule has 1 saturated heterocycles. The third-order valence-electron chi connectivity index (χ3n) is 5.32. The van der Waals surface area contributed by atoms with Crippen LogP contribution in [0.25, 0.3) is 0 Å². The van der Waals surface area contributed by atoms with E-state index in [1.165, 1.54) is 0 Å². The molecule has 1 aliphatic rings. The van der Waals surface area contributed by atoms with Gasteiger partial charge in [-0.05, 0) is 36.9 Å². The highest BCUT2D eigenvalue weighted by Gasteiger charge is 2.35. The summed E-state index contributed by atoms with van der Waals surface area (Å²) >= 11 is 0. The second-order valence-corrected chi connectivity index (χ2v) is 6.91. The first-order chi connectivity index (χ1) is 13.7. The van der Waals surface area contributed by atoms with Gasteiger partial charge in [-0.1, -0.05) is 60.7 Å². The van der Waals surface area contributed by atoms with Crippen LogP contribution in [0.2, 0.25) is 0 Å². The lowest BCUT2D eigenvalue weighted by Gasteiger charge is -2.35. The highest BCUT2D eigenvalue weighted by Crippen LogP contribution is 2.35. The van der Waals surface area contributed by atoms with E-state index in [9.17, 15) is 5.26 Å². The van der Waals surface area contributed by atoms with Crippen molar-refractivity contribution in [3.8, 4) is 6.07 Å². The molecule has 0 spiro atoms. The van der Waals surface area contributed by atoms with Crippen LogP contribution in [-0.4, -0.2) is 49.3 Å². The van der Waals surface area contributed by atoms with Crippen molar-refractivity contribution in [2.75, 3.05) is 26.7 Å². The predicted molar refractivity (Wildman–Crippen MR) is 109 cm³/mol. The molecule has 0 aliphatic carbocycles. The van der Waals surface area contributed by atoms with Crippen molar-refractivity contribution in [3.63, 3.8) is 0 Å². The molecule has 2 aromatic carbocycles. The number of methoxy groups -OCH3 is 1. The van der Waals surface area contributed by atoms with E-state index in [0.29, 0.717) is 6.10 Å². The molecular formula is C23H28N2O3. The highest BCUT2D eigenvalue weighted by atomic mass is 16.5. The van der Waals surface area contributed by atoms with Gasteiger partial charge in [0, 0.05) is 20.2 Å². The van der Waals surface area contributed by atoms with E-state index in [-0.39, 0.29) is 6.47 Å². The topological polar surface area (TPSA) is 73.6 Å². The molecular weight excluding hydrogens is 352 g/mol. The Hall–Kier alpha value is -2.68. The van der Waals surface area contributed by atoms with Gasteiger partial charge in [0.2, 0.25) is 0 Å². The van der Waals surface area contributed by atoms with E-state index >= 15 is 0 Å². The molecule has 1 heterocycles. The molecule has 2 aromatic rings. The van der Waals surface area contributed by atoms with Crippen molar-refractivity contribution < 1.29 is 14.6 Å². The molecule has 0 amide bonds. The van der Waals surface area contributed by atoms with Crippen LogP contribution in [0, 0.1) is 11.3 Å². The Bertz CT molecular complexity index is 704. The molecule has 1 atom stereocenters. The third kappa shape index (κ3) is 5.41. The number of nitrogens with zero attached hydrogens (tertiary/aromatic N) is 2. The van der Waals surface area contributed by atoms with Gasteiger partial charge in [0.15, 0.2) is 0 Å². The summed E-state index contributed by atoms with van der Waals surface area (Å²) in [6.45, 7) is 2.70. The Morgan fingerprint density at radius 1 is 1.18 bits per heavy atom. The average Bonchev–Trinajstić information content (AvgIpc) is 2.77. The lowest BCUT2D eigenvalue weighted by Crippen LogP contribution is -2.42. The van der Waals surface area contributed by atoms with Crippen molar-refractivity contribution in [1.29, 1.82) is 5.26 Å². The second-order valence-electron chi connectivity index (χ2n) is 6.91. The maximum absolute atomic E-state index is 10.2. The Morgan fingerprint density at radius 2 is 1.71 bits per heavy atom. The van der Waals surface area contributed by atoms with Gasteiger partial charge in [-0.3, -0.25) is 4.79 Å². The molecule has 0 saturated carbocycles. The lowest BCUT2D eigenvalue weighted by atomic mass is 9.73. The Labute approximate surface area is 167 Å². The number of likely N-dealkylation sites (tertiary alicyclic amines) is 1. The molecule has 0 bridgehead atoms. The van der Waals surface area contributed by atoms with Crippen molar-refractivity contribution in [2.45, 2.75) is 30.8 Å². The van der Waals surface area contributed by atoms with Crippen molar-refractivity contribution in [3.05, 3.63) is 71.8 Å². The van der Waals surface area contributed by atoms with Gasteiger partial charge < -0.3 is 14.7 Å². The first-order valence-electron chi connectivity index (χ1n) is 9.55. The van der Waals surface area contributed by atoms with Crippen LogP contribution in [0.4, 0.5) is 0 Å². The number of carboxylic acid groups (broad SMARTS) is 1. The van der Waals surface area contributed by atoms with E-state index in [1.54, 1.807) is 7.11 Å². The maximum Gasteiger partial charge on any atom is 0.290 e. The third-order valence-corrected chi connectivity index (χ3v) is 5.32. The number of nitriles is 1. The zero-order valence-electron chi connectivity index (χ0n) is 16.3. The minimum atomic E-state index is -0.609. The fraction of sp³-hybridized carbons (Fsp3) is 0.391. The molecule has 1 fully saturated rings. The van der Waals surface area contributed by atoms with Crippen molar-refractivity contribution >= 4 is 6.47 Å². The molecule has 1 N–H and O–H groups in total. The Kier molecular flexibility index (Phi) is 8.67. The number of carbonyl (C=O) groups is 1. The van der Waals surface area contributed by atoms with Crippen LogP contribution in [-0.2, 0) is 14.9 Å². The fourth-order valence-corrected chi connectivity index (χ4v) is 3.82. The van der Waals surface area contributed by atoms with Crippen LogP contribution < -0.4 is 0 Å². The summed E-state index contributed by atoms with van der Waals surface area (Å²) in [5, 5.41) is 17.1. The van der Waals surface area contributed by atoms with Crippen LogP contribution >= 0.6 is 0 Å². The van der Waals surface area contributed by atoms with Crippen LogP contribution in [0.15, 0.2) is 60.7 Å². The van der Waals surface area contributed by atoms with Crippen LogP contribution in [0.3, 0.4) is 0 Å². The Balaban J connectivity index is 0.000000878. The standard InChI is InChI=1S/C22H26N2O.CH2O2/c1-25-21-13-8-15-24(17-21)16-14-22(18-23,19-9-4-2-5-10-19)20-11-6-3-7-12-20;2-1-3/h2-7,9-12,21H,8,13-17H2,1H3;1H,(H,2,3). The van der Waals surface area contributed by atoms with Crippen molar-refractivity contribution in [2.24, 2.45) is 0 Å². The van der Waals surface area contributed by atoms with E-state index in [2.05, 4.69) is 35.2 Å². The molecule has 28 heavy (non-hydrogen) atoms. The van der Waals surface area contributed by atoms with Gasteiger partial charge >= 0.3 is 0 Å². The minimum Gasteiger partial charge on any atom is -0.483 e. The summed E-state index contributed by atoms with van der Waals surface area (Å²) in [7, 11) is 1.79. The first kappa shape index (κ1) is 21.6. The summed E-state index contributed by atoms with van der Waals surface area (Å²) in [6, 6.07) is 23.0. The zero-order chi connectivity index (χ0) is 20.2. The number of hydrogen-bond donors (Lipinski definition) is 1. The molecule has 148 valence electrons. The smallest absolute Gasteiger partial charge is 0.290 e. The van der Waals surface area contributed by atoms with Crippen LogP contribution in [0.5, 0.6) is 0 Å². The van der Waals surface area contributed by atoms with Crippen molar-refractivity contribution in [1.82, 2.24) is 4.90 Å². The molecule has 0 radical (unpaired) electrons. The number of benzene rings is 2. The van der Waals surface area contributed by atoms with Gasteiger partial charge in [0.1, 0.15) is 5.41 Å². The second kappa shape index (κ2) is 11.2. The number of piperidine rings is 1. The van der Waals surface area contributed by atoms with Gasteiger partial charge in [0.25, 0.3) is 6.47 Å². The van der Waals surface area contributed by atoms with E-state index < -0.39 is 5.41 Å². The number of ether oxygens (including phenoxy) is 1. The monoisotopic (exact) mass is 380 g/mol. The SMILES string of the molecule is COC1CCCN(CCC(C#N)(c2ccccc2)c2ccccc2)C1.O=CO. The molecule has 1 aliphatic heterocycles. The summed E-state index contributed by atoms with van der Waals surface area (Å²) in [6.07, 6.45) is 3.40. The van der Waals surface area contributed by atoms with Gasteiger partial charge in [-0.15, -0.1) is 0 Å². The molecule has 5 heteroatoms. The minimum absolute atomic E-state index is 0.250. The van der Waals surface area contributed by atoms with E-state index in [1.807, 2.05) is 36.4 Å². The number of hydrogen-bond acceptors (Lipinski definition) is 4. The number of rotatable bonds is 6. The lowest BCUT2D eigenvalue weighted by molar-refractivity contribution is -0.122. The summed E-state index contributed by atoms with van der Waals surface area (Å²) in [5.41, 5.74) is 1.54. The molecule has 0 aromatic heterocycles. The van der Waals surface area contributed by atoms with Gasteiger partial charge in [-0.25, -0.2) is 0 Å². The Morgan fingerprint density at radius 3 is 2.18 bits per heavy atom. The normalized spacial score (nSPS) is 17.1. The van der Waals surface area contributed by atoms with Gasteiger partial charge in [0.05, 0.1) is 12.2 Å². The van der Waals surface area contributed by atoms with E-state index in [4.69, 9.17) is 14.6 Å². The zero-order valence-corrected chi connectivity index (χ0v) is 16.3. The molecule has 1 unspecified atom stereocenters. The first-order valence-corrected chi connectivity index (χ1v) is 9.55. The van der Waals surface area contributed by atoms with E-state index in [0.717, 1.165) is 50.0 Å². The largest absolute Gasteiger partial charge is 0.483 e. The molecule has 3 rings (SSSR count). The molecule has 5 nitrogen and oxygen atoms in total. The maximum atomic E-state index is 10.2. The van der Waals surface area contributed by atoms with Crippen LogP contribution in [0.1, 0.15) is 30.4 Å².